The van der Waals surface area contributed by atoms with E-state index in [2.05, 4.69) is 57.7 Å². The number of aryl methyl sites for hydroxylation is 1. The zero-order chi connectivity index (χ0) is 22.3. The Balaban J connectivity index is 1.74. The zero-order valence-electron chi connectivity index (χ0n) is 18.7. The largest absolute Gasteiger partial charge is 0.362 e. The average Bonchev–Trinajstić information content (AvgIpc) is 2.99. The van der Waals surface area contributed by atoms with E-state index in [9.17, 15) is 4.79 Å². The molecule has 0 N–H and O–H groups in total. The van der Waals surface area contributed by atoms with Gasteiger partial charge in [-0.25, -0.2) is 0 Å². The predicted molar refractivity (Wildman–Crippen MR) is 139 cm³/mol. The lowest BCUT2D eigenvalue weighted by Crippen LogP contribution is -2.45. The topological polar surface area (TPSA) is 23.6 Å². The van der Waals surface area contributed by atoms with Crippen LogP contribution >= 0.6 is 24.0 Å². The molecule has 0 atom stereocenters. The monoisotopic (exact) mass is 448 g/mol. The number of fused-ring (bicyclic) bond motifs is 1. The smallest absolute Gasteiger partial charge is 0.270 e. The maximum atomic E-state index is 13.1. The van der Waals surface area contributed by atoms with Crippen molar-refractivity contribution >= 4 is 57.2 Å². The zero-order valence-corrected chi connectivity index (χ0v) is 20.4. The Bertz CT molecular complexity index is 1120. The van der Waals surface area contributed by atoms with Crippen LogP contribution in [0.25, 0.3) is 11.6 Å². The molecule has 0 bridgehead atoms. The van der Waals surface area contributed by atoms with Gasteiger partial charge in [0.05, 0.1) is 16.1 Å². The van der Waals surface area contributed by atoms with Crippen LogP contribution in [0, 0.1) is 6.92 Å². The van der Waals surface area contributed by atoms with Gasteiger partial charge in [-0.2, -0.15) is 0 Å². The fourth-order valence-electron chi connectivity index (χ4n) is 4.44. The maximum Gasteiger partial charge on any atom is 0.270 e. The molecule has 2 aromatic carbocycles. The number of hydrogen-bond donors (Lipinski definition) is 0. The molecule has 1 fully saturated rings. The van der Waals surface area contributed by atoms with Crippen LogP contribution in [0.4, 0.5) is 11.4 Å². The SMILES string of the molecule is CCCN1c2cc(C)c(/C=C3/SC(=S)N(c4ccccc4)C3=O)cc2C(C)=CC1(C)C. The van der Waals surface area contributed by atoms with Gasteiger partial charge in [0.25, 0.3) is 5.91 Å². The summed E-state index contributed by atoms with van der Waals surface area (Å²) in [6, 6.07) is 14.1. The third-order valence-electron chi connectivity index (χ3n) is 5.91. The van der Waals surface area contributed by atoms with Gasteiger partial charge in [0, 0.05) is 17.8 Å². The molecule has 0 spiro atoms. The normalized spacial score (nSPS) is 19.1. The minimum atomic E-state index is -0.0562. The second kappa shape index (κ2) is 8.29. The molecule has 2 heterocycles. The summed E-state index contributed by atoms with van der Waals surface area (Å²) in [6.45, 7) is 12.1. The number of carbonyl (C=O) groups is 1. The Morgan fingerprint density at radius 3 is 2.52 bits per heavy atom. The summed E-state index contributed by atoms with van der Waals surface area (Å²) in [6.07, 6.45) is 5.44. The molecule has 2 aromatic rings. The summed E-state index contributed by atoms with van der Waals surface area (Å²) in [5, 5.41) is 0. The third-order valence-corrected chi connectivity index (χ3v) is 7.21. The Kier molecular flexibility index (Phi) is 5.84. The van der Waals surface area contributed by atoms with Crippen LogP contribution in [-0.4, -0.2) is 22.3 Å². The molecule has 1 saturated heterocycles. The number of para-hydroxylation sites is 1. The number of allylic oxidation sites excluding steroid dienone is 1. The van der Waals surface area contributed by atoms with E-state index in [1.165, 1.54) is 28.6 Å². The summed E-state index contributed by atoms with van der Waals surface area (Å²) < 4.78 is 0.574. The predicted octanol–water partition coefficient (Wildman–Crippen LogP) is 6.81. The van der Waals surface area contributed by atoms with E-state index in [0.717, 1.165) is 29.8 Å². The molecule has 160 valence electrons. The molecular weight excluding hydrogens is 420 g/mol. The molecule has 2 aliphatic heterocycles. The van der Waals surface area contributed by atoms with Crippen molar-refractivity contribution in [2.24, 2.45) is 0 Å². The van der Waals surface area contributed by atoms with E-state index in [1.54, 1.807) is 4.90 Å². The van der Waals surface area contributed by atoms with Crippen molar-refractivity contribution in [1.29, 1.82) is 0 Å². The van der Waals surface area contributed by atoms with Gasteiger partial charge < -0.3 is 4.90 Å². The first-order valence-electron chi connectivity index (χ1n) is 10.7. The number of thiocarbonyl (C=S) groups is 1. The second-order valence-corrected chi connectivity index (χ2v) is 10.4. The fraction of sp³-hybridized carbons (Fsp3) is 0.308. The van der Waals surface area contributed by atoms with Crippen LogP contribution in [0.15, 0.2) is 53.4 Å². The molecule has 3 nitrogen and oxygen atoms in total. The highest BCUT2D eigenvalue weighted by Gasteiger charge is 2.34. The highest BCUT2D eigenvalue weighted by Crippen LogP contribution is 2.42. The van der Waals surface area contributed by atoms with E-state index in [1.807, 2.05) is 36.4 Å². The summed E-state index contributed by atoms with van der Waals surface area (Å²) in [4.78, 5) is 17.9. The standard InChI is InChI=1S/C26H28N2OS2/c1-6-12-27-22-13-17(2)19(14-21(22)18(3)16-26(27,4)5)15-23-24(29)28(25(30)31-23)20-10-8-7-9-11-20/h7-11,13-16H,6,12H2,1-5H3/b23-15+. The molecule has 4 rings (SSSR count). The highest BCUT2D eigenvalue weighted by atomic mass is 32.2. The van der Waals surface area contributed by atoms with Crippen LogP contribution in [0.3, 0.4) is 0 Å². The Morgan fingerprint density at radius 2 is 1.84 bits per heavy atom. The Labute approximate surface area is 194 Å². The van der Waals surface area contributed by atoms with E-state index < -0.39 is 0 Å². The van der Waals surface area contributed by atoms with Crippen LogP contribution < -0.4 is 9.80 Å². The van der Waals surface area contributed by atoms with E-state index >= 15 is 0 Å². The second-order valence-electron chi connectivity index (χ2n) is 8.71. The molecule has 31 heavy (non-hydrogen) atoms. The summed E-state index contributed by atoms with van der Waals surface area (Å²) in [5.41, 5.74) is 6.82. The van der Waals surface area contributed by atoms with Crippen LogP contribution in [0.1, 0.15) is 50.8 Å². The van der Waals surface area contributed by atoms with Gasteiger partial charge in [-0.05, 0) is 81.2 Å². The minimum Gasteiger partial charge on any atom is -0.362 e. The van der Waals surface area contributed by atoms with Gasteiger partial charge in [0.1, 0.15) is 0 Å². The fourth-order valence-corrected chi connectivity index (χ4v) is 5.73. The van der Waals surface area contributed by atoms with Crippen LogP contribution in [-0.2, 0) is 4.79 Å². The highest BCUT2D eigenvalue weighted by molar-refractivity contribution is 8.27. The molecule has 0 aromatic heterocycles. The first kappa shape index (κ1) is 21.8. The van der Waals surface area contributed by atoms with Gasteiger partial charge in [0.2, 0.25) is 0 Å². The van der Waals surface area contributed by atoms with Crippen molar-refractivity contribution in [1.82, 2.24) is 0 Å². The molecule has 0 unspecified atom stereocenters. The number of rotatable bonds is 4. The summed E-state index contributed by atoms with van der Waals surface area (Å²) in [5.74, 6) is -0.0562. The number of amides is 1. The first-order valence-corrected chi connectivity index (χ1v) is 11.9. The number of thioether (sulfide) groups is 1. The van der Waals surface area contributed by atoms with Gasteiger partial charge in [-0.1, -0.05) is 55.2 Å². The van der Waals surface area contributed by atoms with Crippen molar-refractivity contribution < 1.29 is 4.79 Å². The van der Waals surface area contributed by atoms with E-state index in [0.29, 0.717) is 9.23 Å². The number of carbonyl (C=O) groups excluding carboxylic acids is 1. The van der Waals surface area contributed by atoms with Gasteiger partial charge in [0.15, 0.2) is 4.32 Å². The quantitative estimate of drug-likeness (QED) is 0.378. The van der Waals surface area contributed by atoms with Gasteiger partial charge in [-0.15, -0.1) is 0 Å². The first-order chi connectivity index (χ1) is 14.7. The van der Waals surface area contributed by atoms with Crippen LogP contribution in [0.5, 0.6) is 0 Å². The van der Waals surface area contributed by atoms with Crippen LogP contribution in [0.2, 0.25) is 0 Å². The number of nitrogens with zero attached hydrogens (tertiary/aromatic N) is 2. The van der Waals surface area contributed by atoms with Gasteiger partial charge in [-0.3, -0.25) is 9.69 Å². The van der Waals surface area contributed by atoms with Crippen molar-refractivity contribution in [2.45, 2.75) is 46.6 Å². The van der Waals surface area contributed by atoms with E-state index in [4.69, 9.17) is 12.2 Å². The van der Waals surface area contributed by atoms with Crippen molar-refractivity contribution in [3.05, 3.63) is 70.1 Å². The minimum absolute atomic E-state index is 0.0147. The summed E-state index contributed by atoms with van der Waals surface area (Å²) in [7, 11) is 0. The average molecular weight is 449 g/mol. The molecule has 1 amide bonds. The number of benzene rings is 2. The van der Waals surface area contributed by atoms with Crippen molar-refractivity contribution in [2.75, 3.05) is 16.3 Å². The van der Waals surface area contributed by atoms with Gasteiger partial charge >= 0.3 is 0 Å². The van der Waals surface area contributed by atoms with Crippen molar-refractivity contribution in [3.63, 3.8) is 0 Å². The molecule has 0 saturated carbocycles. The lowest BCUT2D eigenvalue weighted by atomic mass is 9.86. The van der Waals surface area contributed by atoms with E-state index in [-0.39, 0.29) is 11.4 Å². The lowest BCUT2D eigenvalue weighted by Gasteiger charge is -2.43. The molecule has 5 heteroatoms. The Morgan fingerprint density at radius 1 is 1.13 bits per heavy atom. The molecular formula is C26H28N2OS2. The van der Waals surface area contributed by atoms with Crippen molar-refractivity contribution in [3.8, 4) is 0 Å². The summed E-state index contributed by atoms with van der Waals surface area (Å²) >= 11 is 6.89. The molecule has 0 aliphatic carbocycles. The molecule has 2 aliphatic rings. The maximum absolute atomic E-state index is 13.1. The third kappa shape index (κ3) is 3.97. The number of hydrogen-bond acceptors (Lipinski definition) is 4. The number of anilines is 2. The molecule has 0 radical (unpaired) electrons. The Hall–Kier alpha value is -2.37. The lowest BCUT2D eigenvalue weighted by molar-refractivity contribution is -0.113.